The predicted molar refractivity (Wildman–Crippen MR) is 75.4 cm³/mol. The van der Waals surface area contributed by atoms with Crippen LogP contribution in [0, 0.1) is 0 Å². The van der Waals surface area contributed by atoms with Gasteiger partial charge in [0.25, 0.3) is 0 Å². The summed E-state index contributed by atoms with van der Waals surface area (Å²) in [6, 6.07) is 10.3. The second-order valence-corrected chi connectivity index (χ2v) is 5.77. The molecule has 2 nitrogen and oxygen atoms in total. The van der Waals surface area contributed by atoms with Crippen LogP contribution in [0.25, 0.3) is 0 Å². The molecule has 2 heteroatoms. The molecular weight excluding hydrogens is 220 g/mol. The van der Waals surface area contributed by atoms with Crippen LogP contribution in [0.5, 0.6) is 0 Å². The molecule has 0 amide bonds. The predicted octanol–water partition coefficient (Wildman–Crippen LogP) is 2.92. The van der Waals surface area contributed by atoms with E-state index in [1.807, 2.05) is 0 Å². The molecule has 1 aromatic rings. The molecule has 18 heavy (non-hydrogen) atoms. The first-order chi connectivity index (χ1) is 8.88. The van der Waals surface area contributed by atoms with E-state index in [1.54, 1.807) is 0 Å². The fraction of sp³-hybridized carbons (Fsp3) is 0.625. The van der Waals surface area contributed by atoms with Crippen molar-refractivity contribution >= 4 is 0 Å². The number of rotatable bonds is 2. The molecule has 2 unspecified atom stereocenters. The summed E-state index contributed by atoms with van der Waals surface area (Å²) in [5.41, 5.74) is 3.08. The Kier molecular flexibility index (Phi) is 3.67. The topological polar surface area (TPSA) is 15.3 Å². The summed E-state index contributed by atoms with van der Waals surface area (Å²) in [6.07, 6.45) is 6.90. The fourth-order valence-corrected chi connectivity index (χ4v) is 3.66. The Morgan fingerprint density at radius 2 is 1.67 bits per heavy atom. The van der Waals surface area contributed by atoms with E-state index in [1.165, 1.54) is 43.2 Å². The highest BCUT2D eigenvalue weighted by Gasteiger charge is 2.31. The largest absolute Gasteiger partial charge is 0.315 e. The minimum atomic E-state index is 0.682. The van der Waals surface area contributed by atoms with Crippen molar-refractivity contribution in [1.29, 1.82) is 0 Å². The molecule has 1 aromatic carbocycles. The number of benzene rings is 1. The van der Waals surface area contributed by atoms with Crippen LogP contribution in [0.4, 0.5) is 0 Å². The number of hydrogen-bond donors (Lipinski definition) is 1. The van der Waals surface area contributed by atoms with Crippen LogP contribution < -0.4 is 5.32 Å². The molecule has 2 aliphatic rings. The molecule has 98 valence electrons. The highest BCUT2D eigenvalue weighted by molar-refractivity contribution is 5.30. The Morgan fingerprint density at radius 3 is 2.33 bits per heavy atom. The van der Waals surface area contributed by atoms with E-state index in [9.17, 15) is 0 Å². The number of fused-ring (bicyclic) bond motifs is 1. The van der Waals surface area contributed by atoms with Crippen molar-refractivity contribution in [3.8, 4) is 0 Å². The van der Waals surface area contributed by atoms with Crippen LogP contribution in [0.2, 0.25) is 0 Å². The number of likely N-dealkylation sites (N-methyl/N-ethyl adjacent to an activating group) is 1. The Morgan fingerprint density at radius 1 is 1.00 bits per heavy atom. The van der Waals surface area contributed by atoms with E-state index >= 15 is 0 Å². The maximum atomic E-state index is 3.56. The van der Waals surface area contributed by atoms with E-state index in [0.29, 0.717) is 6.04 Å². The van der Waals surface area contributed by atoms with Gasteiger partial charge in [-0.05, 0) is 31.0 Å². The third kappa shape index (κ3) is 2.32. The molecule has 1 N–H and O–H groups in total. The highest BCUT2D eigenvalue weighted by atomic mass is 15.2. The summed E-state index contributed by atoms with van der Waals surface area (Å²) in [4.78, 5) is 2.69. The Bertz CT molecular complexity index is 377. The quantitative estimate of drug-likeness (QED) is 0.805. The molecule has 1 aliphatic heterocycles. The van der Waals surface area contributed by atoms with Crippen LogP contribution in [0.15, 0.2) is 24.3 Å². The van der Waals surface area contributed by atoms with Crippen LogP contribution in [-0.2, 0) is 13.1 Å². The standard InChI is InChI=1S/C16H24N2/c1-17-15-9-3-2-4-10-16(15)18-11-13-7-5-6-8-14(13)12-18/h5-8,15-17H,2-4,9-12H2,1H3. The molecule has 1 aliphatic carbocycles. The average molecular weight is 244 g/mol. The zero-order valence-electron chi connectivity index (χ0n) is 11.4. The Hall–Kier alpha value is -0.860. The first kappa shape index (κ1) is 12.2. The van der Waals surface area contributed by atoms with Crippen molar-refractivity contribution in [2.24, 2.45) is 0 Å². The molecule has 0 bridgehead atoms. The third-order valence-electron chi connectivity index (χ3n) is 4.68. The zero-order valence-corrected chi connectivity index (χ0v) is 11.4. The Balaban J connectivity index is 1.75. The van der Waals surface area contributed by atoms with E-state index in [2.05, 4.69) is 41.5 Å². The van der Waals surface area contributed by atoms with Crippen LogP contribution in [-0.4, -0.2) is 24.0 Å². The molecule has 2 atom stereocenters. The van der Waals surface area contributed by atoms with Gasteiger partial charge >= 0.3 is 0 Å². The molecule has 1 fully saturated rings. The zero-order chi connectivity index (χ0) is 12.4. The van der Waals surface area contributed by atoms with Gasteiger partial charge in [0.1, 0.15) is 0 Å². The van der Waals surface area contributed by atoms with Gasteiger partial charge in [0.15, 0.2) is 0 Å². The van der Waals surface area contributed by atoms with Gasteiger partial charge in [-0.2, -0.15) is 0 Å². The highest BCUT2D eigenvalue weighted by Crippen LogP contribution is 2.30. The summed E-state index contributed by atoms with van der Waals surface area (Å²) in [7, 11) is 2.13. The number of nitrogens with one attached hydrogen (secondary N) is 1. The maximum absolute atomic E-state index is 3.56. The van der Waals surface area contributed by atoms with Gasteiger partial charge in [0.05, 0.1) is 0 Å². The maximum Gasteiger partial charge on any atom is 0.0256 e. The SMILES string of the molecule is CNC1CCCCCC1N1Cc2ccccc2C1. The summed E-state index contributed by atoms with van der Waals surface area (Å²) in [5, 5.41) is 3.56. The number of hydrogen-bond acceptors (Lipinski definition) is 2. The van der Waals surface area contributed by atoms with Gasteiger partial charge in [0, 0.05) is 25.2 Å². The smallest absolute Gasteiger partial charge is 0.0256 e. The minimum absolute atomic E-state index is 0.682. The van der Waals surface area contributed by atoms with Gasteiger partial charge in [0.2, 0.25) is 0 Å². The third-order valence-corrected chi connectivity index (χ3v) is 4.68. The molecule has 1 saturated carbocycles. The van der Waals surface area contributed by atoms with Gasteiger partial charge in [-0.25, -0.2) is 0 Å². The van der Waals surface area contributed by atoms with E-state index in [0.717, 1.165) is 19.1 Å². The van der Waals surface area contributed by atoms with Gasteiger partial charge in [-0.15, -0.1) is 0 Å². The molecule has 1 heterocycles. The Labute approximate surface area is 110 Å². The average Bonchev–Trinajstić information content (AvgIpc) is 2.68. The second kappa shape index (κ2) is 5.41. The van der Waals surface area contributed by atoms with Crippen LogP contribution in [0.1, 0.15) is 43.2 Å². The van der Waals surface area contributed by atoms with Crippen molar-refractivity contribution < 1.29 is 0 Å². The molecular formula is C16H24N2. The monoisotopic (exact) mass is 244 g/mol. The van der Waals surface area contributed by atoms with Crippen molar-refractivity contribution in [3.63, 3.8) is 0 Å². The summed E-state index contributed by atoms with van der Waals surface area (Å²) < 4.78 is 0. The molecule has 3 rings (SSSR count). The normalized spacial score (nSPS) is 28.9. The molecule has 0 spiro atoms. The lowest BCUT2D eigenvalue weighted by Crippen LogP contribution is -2.46. The molecule has 0 saturated heterocycles. The van der Waals surface area contributed by atoms with Crippen molar-refractivity contribution in [1.82, 2.24) is 10.2 Å². The van der Waals surface area contributed by atoms with Crippen LogP contribution in [0.3, 0.4) is 0 Å². The number of nitrogens with zero attached hydrogens (tertiary/aromatic N) is 1. The lowest BCUT2D eigenvalue weighted by atomic mass is 10.0. The van der Waals surface area contributed by atoms with E-state index in [4.69, 9.17) is 0 Å². The first-order valence-electron chi connectivity index (χ1n) is 7.36. The van der Waals surface area contributed by atoms with Gasteiger partial charge < -0.3 is 5.32 Å². The van der Waals surface area contributed by atoms with Gasteiger partial charge in [-0.1, -0.05) is 43.5 Å². The summed E-state index contributed by atoms with van der Waals surface area (Å²) >= 11 is 0. The molecule has 0 aromatic heterocycles. The molecule has 0 radical (unpaired) electrons. The summed E-state index contributed by atoms with van der Waals surface area (Å²) in [5.74, 6) is 0. The van der Waals surface area contributed by atoms with Crippen molar-refractivity contribution in [2.45, 2.75) is 57.3 Å². The summed E-state index contributed by atoms with van der Waals surface area (Å²) in [6.45, 7) is 2.30. The van der Waals surface area contributed by atoms with Crippen LogP contribution >= 0.6 is 0 Å². The first-order valence-corrected chi connectivity index (χ1v) is 7.36. The van der Waals surface area contributed by atoms with E-state index in [-0.39, 0.29) is 0 Å². The van der Waals surface area contributed by atoms with Gasteiger partial charge in [-0.3, -0.25) is 4.90 Å². The minimum Gasteiger partial charge on any atom is -0.315 e. The van der Waals surface area contributed by atoms with Crippen molar-refractivity contribution in [2.75, 3.05) is 7.05 Å². The lowest BCUT2D eigenvalue weighted by molar-refractivity contribution is 0.151. The lowest BCUT2D eigenvalue weighted by Gasteiger charge is -2.33. The second-order valence-electron chi connectivity index (χ2n) is 5.77. The fourth-order valence-electron chi connectivity index (χ4n) is 3.66. The van der Waals surface area contributed by atoms with E-state index < -0.39 is 0 Å². The van der Waals surface area contributed by atoms with Crippen molar-refractivity contribution in [3.05, 3.63) is 35.4 Å².